The van der Waals surface area contributed by atoms with Crippen molar-refractivity contribution in [3.8, 4) is 5.75 Å². The molecule has 0 saturated carbocycles. The maximum Gasteiger partial charge on any atom is 0.260 e. The normalized spacial score (nSPS) is 12.3. The number of hydrogen-bond acceptors (Lipinski definition) is 4. The fourth-order valence-electron chi connectivity index (χ4n) is 1.67. The zero-order chi connectivity index (χ0) is 14.4. The van der Waals surface area contributed by atoms with Crippen LogP contribution in [0.15, 0.2) is 12.1 Å². The molecule has 5 heteroatoms. The summed E-state index contributed by atoms with van der Waals surface area (Å²) in [6.45, 7) is 7.97. The first-order chi connectivity index (χ1) is 8.93. The molecule has 0 aliphatic rings. The van der Waals surface area contributed by atoms with Crippen molar-refractivity contribution in [2.75, 3.05) is 6.54 Å². The van der Waals surface area contributed by atoms with Crippen molar-refractivity contribution in [1.82, 2.24) is 10.3 Å². The van der Waals surface area contributed by atoms with Gasteiger partial charge in [-0.3, -0.25) is 9.78 Å². The highest BCUT2D eigenvalue weighted by Crippen LogP contribution is 2.18. The molecule has 0 aliphatic carbocycles. The van der Waals surface area contributed by atoms with Gasteiger partial charge in [0.05, 0.1) is 5.69 Å². The molecule has 1 amide bonds. The van der Waals surface area contributed by atoms with E-state index in [4.69, 9.17) is 10.5 Å². The largest absolute Gasteiger partial charge is 0.479 e. The van der Waals surface area contributed by atoms with Gasteiger partial charge in [0.2, 0.25) is 0 Å². The molecule has 0 bridgehead atoms. The standard InChI is InChI=1S/C14H23N3O2/c1-9(2)16-14(18)11(4)19-13-6-5-10(3)17-12(13)7-8-15/h5-6,9,11H,7-8,15H2,1-4H3,(H,16,18). The Morgan fingerprint density at radius 1 is 1.42 bits per heavy atom. The zero-order valence-corrected chi connectivity index (χ0v) is 12.1. The van der Waals surface area contributed by atoms with E-state index in [0.717, 1.165) is 11.4 Å². The first-order valence-corrected chi connectivity index (χ1v) is 6.57. The van der Waals surface area contributed by atoms with Gasteiger partial charge in [-0.15, -0.1) is 0 Å². The summed E-state index contributed by atoms with van der Waals surface area (Å²) in [6, 6.07) is 3.80. The van der Waals surface area contributed by atoms with Crippen molar-refractivity contribution >= 4 is 5.91 Å². The number of carbonyl (C=O) groups is 1. The topological polar surface area (TPSA) is 77.2 Å². The van der Waals surface area contributed by atoms with E-state index < -0.39 is 6.10 Å². The molecular formula is C14H23N3O2. The Bertz CT molecular complexity index is 433. The molecule has 0 aromatic carbocycles. The first kappa shape index (κ1) is 15.4. The third-order valence-corrected chi connectivity index (χ3v) is 2.56. The maximum atomic E-state index is 11.8. The van der Waals surface area contributed by atoms with Crippen molar-refractivity contribution < 1.29 is 9.53 Å². The van der Waals surface area contributed by atoms with Crippen molar-refractivity contribution in [2.45, 2.75) is 46.3 Å². The number of carbonyl (C=O) groups excluding carboxylic acids is 1. The van der Waals surface area contributed by atoms with E-state index in [9.17, 15) is 4.79 Å². The number of hydrogen-bond donors (Lipinski definition) is 2. The molecule has 0 fully saturated rings. The number of nitrogens with one attached hydrogen (secondary N) is 1. The van der Waals surface area contributed by atoms with Crippen LogP contribution in [0, 0.1) is 6.92 Å². The minimum atomic E-state index is -0.552. The van der Waals surface area contributed by atoms with Crippen LogP contribution in [-0.4, -0.2) is 29.6 Å². The fourth-order valence-corrected chi connectivity index (χ4v) is 1.67. The lowest BCUT2D eigenvalue weighted by Crippen LogP contribution is -2.40. The smallest absolute Gasteiger partial charge is 0.260 e. The van der Waals surface area contributed by atoms with Crippen LogP contribution in [0.4, 0.5) is 0 Å². The molecule has 19 heavy (non-hydrogen) atoms. The molecule has 1 rings (SSSR count). The van der Waals surface area contributed by atoms with E-state index in [1.807, 2.05) is 32.9 Å². The van der Waals surface area contributed by atoms with Gasteiger partial charge in [-0.1, -0.05) is 0 Å². The fraction of sp³-hybridized carbons (Fsp3) is 0.571. The van der Waals surface area contributed by atoms with Gasteiger partial charge >= 0.3 is 0 Å². The van der Waals surface area contributed by atoms with E-state index in [-0.39, 0.29) is 11.9 Å². The summed E-state index contributed by atoms with van der Waals surface area (Å²) in [5.41, 5.74) is 7.27. The molecular weight excluding hydrogens is 242 g/mol. The van der Waals surface area contributed by atoms with E-state index in [1.165, 1.54) is 0 Å². The second-order valence-corrected chi connectivity index (χ2v) is 4.86. The predicted octanol–water partition coefficient (Wildman–Crippen LogP) is 1.18. The highest BCUT2D eigenvalue weighted by molar-refractivity contribution is 5.80. The molecule has 0 saturated heterocycles. The molecule has 1 aromatic heterocycles. The third kappa shape index (κ3) is 4.87. The summed E-state index contributed by atoms with van der Waals surface area (Å²) in [5, 5.41) is 2.82. The van der Waals surface area contributed by atoms with Crippen molar-refractivity contribution in [3.63, 3.8) is 0 Å². The Morgan fingerprint density at radius 3 is 2.68 bits per heavy atom. The minimum absolute atomic E-state index is 0.0956. The maximum absolute atomic E-state index is 11.8. The van der Waals surface area contributed by atoms with Gasteiger partial charge in [-0.25, -0.2) is 0 Å². The molecule has 0 spiro atoms. The number of amides is 1. The Hall–Kier alpha value is -1.62. The molecule has 0 radical (unpaired) electrons. The highest BCUT2D eigenvalue weighted by atomic mass is 16.5. The highest BCUT2D eigenvalue weighted by Gasteiger charge is 2.17. The van der Waals surface area contributed by atoms with Crippen LogP contribution in [-0.2, 0) is 11.2 Å². The molecule has 0 aliphatic heterocycles. The Kier molecular flexibility index (Phi) is 5.76. The molecule has 1 heterocycles. The second-order valence-electron chi connectivity index (χ2n) is 4.86. The molecule has 1 aromatic rings. The average Bonchev–Trinajstić information content (AvgIpc) is 2.32. The summed E-state index contributed by atoms with van der Waals surface area (Å²) < 4.78 is 5.69. The van der Waals surface area contributed by atoms with Gasteiger partial charge in [0.1, 0.15) is 5.75 Å². The summed E-state index contributed by atoms with van der Waals surface area (Å²) in [7, 11) is 0. The monoisotopic (exact) mass is 265 g/mol. The lowest BCUT2D eigenvalue weighted by Gasteiger charge is -2.18. The molecule has 3 N–H and O–H groups in total. The summed E-state index contributed by atoms with van der Waals surface area (Å²) in [4.78, 5) is 16.2. The summed E-state index contributed by atoms with van der Waals surface area (Å²) >= 11 is 0. The Balaban J connectivity index is 2.78. The van der Waals surface area contributed by atoms with Crippen molar-refractivity contribution in [2.24, 2.45) is 5.73 Å². The first-order valence-electron chi connectivity index (χ1n) is 6.57. The van der Waals surface area contributed by atoms with Crippen LogP contribution in [0.1, 0.15) is 32.2 Å². The van der Waals surface area contributed by atoms with Crippen LogP contribution in [0.5, 0.6) is 5.75 Å². The van der Waals surface area contributed by atoms with E-state index in [1.54, 1.807) is 6.92 Å². The number of nitrogens with zero attached hydrogens (tertiary/aromatic N) is 1. The Morgan fingerprint density at radius 2 is 2.11 bits per heavy atom. The van der Waals surface area contributed by atoms with Gasteiger partial charge in [-0.05, 0) is 46.4 Å². The van der Waals surface area contributed by atoms with Gasteiger partial charge in [0.15, 0.2) is 6.10 Å². The van der Waals surface area contributed by atoms with E-state index in [0.29, 0.717) is 18.7 Å². The van der Waals surface area contributed by atoms with Crippen LogP contribution in [0.2, 0.25) is 0 Å². The average molecular weight is 265 g/mol. The predicted molar refractivity (Wildman–Crippen MR) is 75.1 cm³/mol. The number of aryl methyl sites for hydroxylation is 1. The van der Waals surface area contributed by atoms with Gasteiger partial charge in [0.25, 0.3) is 5.91 Å². The summed E-state index contributed by atoms with van der Waals surface area (Å²) in [6.07, 6.45) is 0.0821. The number of ether oxygens (including phenoxy) is 1. The van der Waals surface area contributed by atoms with Crippen LogP contribution < -0.4 is 15.8 Å². The molecule has 106 valence electrons. The number of rotatable bonds is 6. The molecule has 5 nitrogen and oxygen atoms in total. The van der Waals surface area contributed by atoms with Gasteiger partial charge < -0.3 is 15.8 Å². The van der Waals surface area contributed by atoms with Crippen LogP contribution >= 0.6 is 0 Å². The van der Waals surface area contributed by atoms with Crippen molar-refractivity contribution in [1.29, 1.82) is 0 Å². The lowest BCUT2D eigenvalue weighted by atomic mass is 10.2. The quantitative estimate of drug-likeness (QED) is 0.810. The second kappa shape index (κ2) is 7.09. The Labute approximate surface area is 114 Å². The van der Waals surface area contributed by atoms with Crippen LogP contribution in [0.25, 0.3) is 0 Å². The summed E-state index contributed by atoms with van der Waals surface area (Å²) in [5.74, 6) is 0.497. The van der Waals surface area contributed by atoms with E-state index in [2.05, 4.69) is 10.3 Å². The molecule has 1 atom stereocenters. The number of pyridine rings is 1. The minimum Gasteiger partial charge on any atom is -0.479 e. The third-order valence-electron chi connectivity index (χ3n) is 2.56. The number of aromatic nitrogens is 1. The van der Waals surface area contributed by atoms with E-state index >= 15 is 0 Å². The van der Waals surface area contributed by atoms with Gasteiger partial charge in [0, 0.05) is 18.2 Å². The zero-order valence-electron chi connectivity index (χ0n) is 12.1. The number of nitrogens with two attached hydrogens (primary N) is 1. The lowest BCUT2D eigenvalue weighted by molar-refractivity contribution is -0.127. The van der Waals surface area contributed by atoms with Crippen molar-refractivity contribution in [3.05, 3.63) is 23.5 Å². The SMILES string of the molecule is Cc1ccc(OC(C)C(=O)NC(C)C)c(CCN)n1. The molecule has 1 unspecified atom stereocenters. The van der Waals surface area contributed by atoms with Gasteiger partial charge in [-0.2, -0.15) is 0 Å². The van der Waals surface area contributed by atoms with Crippen LogP contribution in [0.3, 0.4) is 0 Å².